The molecule has 2 heteroatoms. The van der Waals surface area contributed by atoms with E-state index >= 15 is 0 Å². The maximum absolute atomic E-state index is 3.73. The first kappa shape index (κ1) is 8.89. The van der Waals surface area contributed by atoms with E-state index in [4.69, 9.17) is 0 Å². The van der Waals surface area contributed by atoms with Gasteiger partial charge in [0.05, 0.1) is 0 Å². The minimum Gasteiger partial charge on any atom is -0.311 e. The van der Waals surface area contributed by atoms with E-state index < -0.39 is 0 Å². The summed E-state index contributed by atoms with van der Waals surface area (Å²) in [5.41, 5.74) is 0. The number of hydrogen-bond donors (Lipinski definition) is 1. The molecule has 1 N–H and O–H groups in total. The van der Waals surface area contributed by atoms with Gasteiger partial charge in [0.1, 0.15) is 0 Å². The zero-order valence-corrected chi connectivity index (χ0v) is 8.70. The molecule has 2 rings (SSSR count). The van der Waals surface area contributed by atoms with Crippen molar-refractivity contribution in [2.75, 3.05) is 11.5 Å². The first-order valence-corrected chi connectivity index (χ1v) is 6.34. The highest BCUT2D eigenvalue weighted by Gasteiger charge is 2.25. The summed E-state index contributed by atoms with van der Waals surface area (Å²) in [5, 5.41) is 3.73. The first-order valence-electron chi connectivity index (χ1n) is 5.18. The average Bonchev–Trinajstić information content (AvgIpc) is 2.66. The summed E-state index contributed by atoms with van der Waals surface area (Å²) in [7, 11) is 0. The van der Waals surface area contributed by atoms with E-state index in [1.165, 1.54) is 37.2 Å². The van der Waals surface area contributed by atoms with E-state index in [1.54, 1.807) is 0 Å². The maximum Gasteiger partial charge on any atom is 0.0168 e. The Morgan fingerprint density at radius 3 is 2.83 bits per heavy atom. The minimum absolute atomic E-state index is 0.765. The molecule has 1 nitrogen and oxygen atoms in total. The van der Waals surface area contributed by atoms with E-state index in [0.29, 0.717) is 0 Å². The Labute approximate surface area is 79.7 Å². The van der Waals surface area contributed by atoms with E-state index in [-0.39, 0.29) is 0 Å². The Balaban J connectivity index is 1.62. The van der Waals surface area contributed by atoms with Crippen LogP contribution in [0.15, 0.2) is 0 Å². The fourth-order valence-corrected chi connectivity index (χ4v) is 3.16. The average molecular weight is 185 g/mol. The molecule has 1 heterocycles. The summed E-state index contributed by atoms with van der Waals surface area (Å²) < 4.78 is 0. The summed E-state index contributed by atoms with van der Waals surface area (Å²) in [6.45, 7) is 2.35. The van der Waals surface area contributed by atoms with Crippen LogP contribution in [0.2, 0.25) is 0 Å². The van der Waals surface area contributed by atoms with Crippen LogP contribution in [0.5, 0.6) is 0 Å². The Morgan fingerprint density at radius 1 is 1.42 bits per heavy atom. The van der Waals surface area contributed by atoms with Crippen molar-refractivity contribution in [3.63, 3.8) is 0 Å². The lowest BCUT2D eigenvalue weighted by atomic mass is 10.1. The molecule has 1 aliphatic heterocycles. The van der Waals surface area contributed by atoms with Gasteiger partial charge in [-0.1, -0.05) is 12.8 Å². The molecule has 2 atom stereocenters. The van der Waals surface area contributed by atoms with Gasteiger partial charge in [0.15, 0.2) is 0 Å². The number of nitrogens with one attached hydrogen (secondary N) is 1. The second-order valence-electron chi connectivity index (χ2n) is 4.31. The Morgan fingerprint density at radius 2 is 2.25 bits per heavy atom. The second kappa shape index (κ2) is 4.01. The predicted octanol–water partition coefficient (Wildman–Crippen LogP) is 2.27. The van der Waals surface area contributed by atoms with E-state index in [1.807, 2.05) is 0 Å². The molecule has 0 bridgehead atoms. The lowest BCUT2D eigenvalue weighted by molar-refractivity contribution is 0.434. The van der Waals surface area contributed by atoms with Crippen molar-refractivity contribution in [2.24, 2.45) is 5.92 Å². The van der Waals surface area contributed by atoms with E-state index in [2.05, 4.69) is 24.0 Å². The highest BCUT2D eigenvalue weighted by Crippen LogP contribution is 2.33. The molecular formula is C10H19NS. The fourth-order valence-electron chi connectivity index (χ4n) is 1.99. The van der Waals surface area contributed by atoms with Crippen LogP contribution in [0.25, 0.3) is 0 Å². The van der Waals surface area contributed by atoms with Crippen LogP contribution in [-0.4, -0.2) is 23.6 Å². The summed E-state index contributed by atoms with van der Waals surface area (Å²) >= 11 is 2.10. The Kier molecular flexibility index (Phi) is 2.97. The maximum atomic E-state index is 3.73. The summed E-state index contributed by atoms with van der Waals surface area (Å²) in [6.07, 6.45) is 5.79. The van der Waals surface area contributed by atoms with Crippen molar-refractivity contribution >= 4 is 11.8 Å². The van der Waals surface area contributed by atoms with Crippen LogP contribution in [0, 0.1) is 5.92 Å². The van der Waals surface area contributed by atoms with Crippen molar-refractivity contribution in [1.29, 1.82) is 0 Å². The Bertz CT molecular complexity index is 139. The highest BCUT2D eigenvalue weighted by molar-refractivity contribution is 7.99. The molecule has 1 saturated heterocycles. The van der Waals surface area contributed by atoms with Crippen LogP contribution >= 0.6 is 11.8 Å². The molecule has 2 fully saturated rings. The second-order valence-corrected chi connectivity index (χ2v) is 5.46. The zero-order chi connectivity index (χ0) is 8.39. The van der Waals surface area contributed by atoms with Crippen LogP contribution in [0.3, 0.4) is 0 Å². The molecule has 70 valence electrons. The molecule has 0 aromatic carbocycles. The van der Waals surface area contributed by atoms with Crippen LogP contribution < -0.4 is 5.32 Å². The van der Waals surface area contributed by atoms with Crippen molar-refractivity contribution < 1.29 is 0 Å². The zero-order valence-electron chi connectivity index (χ0n) is 7.88. The van der Waals surface area contributed by atoms with E-state index in [9.17, 15) is 0 Å². The van der Waals surface area contributed by atoms with Gasteiger partial charge in [0.25, 0.3) is 0 Å². The van der Waals surface area contributed by atoms with Crippen molar-refractivity contribution in [3.05, 3.63) is 0 Å². The molecular weight excluding hydrogens is 166 g/mol. The van der Waals surface area contributed by atoms with Gasteiger partial charge in [-0.25, -0.2) is 0 Å². The van der Waals surface area contributed by atoms with Crippen molar-refractivity contribution in [3.8, 4) is 0 Å². The van der Waals surface area contributed by atoms with Gasteiger partial charge in [0.2, 0.25) is 0 Å². The predicted molar refractivity (Wildman–Crippen MR) is 55.7 cm³/mol. The third-order valence-electron chi connectivity index (χ3n) is 2.83. The normalized spacial score (nSPS) is 32.2. The number of rotatable bonds is 4. The summed E-state index contributed by atoms with van der Waals surface area (Å²) in [4.78, 5) is 0. The van der Waals surface area contributed by atoms with Gasteiger partial charge in [-0.3, -0.25) is 0 Å². The molecule has 0 aromatic heterocycles. The summed E-state index contributed by atoms with van der Waals surface area (Å²) in [6, 6.07) is 1.59. The van der Waals surface area contributed by atoms with Gasteiger partial charge < -0.3 is 5.32 Å². The SMILES string of the molecule is CC(CC1CC1)NC1CCSC1. The van der Waals surface area contributed by atoms with E-state index in [0.717, 1.165) is 18.0 Å². The molecule has 0 spiro atoms. The topological polar surface area (TPSA) is 12.0 Å². The molecule has 2 unspecified atom stereocenters. The van der Waals surface area contributed by atoms with Crippen LogP contribution in [0.1, 0.15) is 32.6 Å². The largest absolute Gasteiger partial charge is 0.311 e. The van der Waals surface area contributed by atoms with Crippen molar-refractivity contribution in [1.82, 2.24) is 5.32 Å². The van der Waals surface area contributed by atoms with Gasteiger partial charge in [-0.15, -0.1) is 0 Å². The third kappa shape index (κ3) is 2.67. The number of thioether (sulfide) groups is 1. The van der Waals surface area contributed by atoms with Crippen molar-refractivity contribution in [2.45, 2.75) is 44.7 Å². The van der Waals surface area contributed by atoms with Crippen LogP contribution in [0.4, 0.5) is 0 Å². The molecule has 12 heavy (non-hydrogen) atoms. The van der Waals surface area contributed by atoms with Gasteiger partial charge in [-0.05, 0) is 31.4 Å². The molecule has 1 saturated carbocycles. The standard InChI is InChI=1S/C10H19NS/c1-8(6-9-2-3-9)11-10-4-5-12-7-10/h8-11H,2-7H2,1H3. The van der Waals surface area contributed by atoms with Gasteiger partial charge in [0, 0.05) is 17.8 Å². The fraction of sp³-hybridized carbons (Fsp3) is 1.00. The van der Waals surface area contributed by atoms with Crippen LogP contribution in [-0.2, 0) is 0 Å². The molecule has 2 aliphatic rings. The third-order valence-corrected chi connectivity index (χ3v) is 4.00. The Hall–Kier alpha value is 0.310. The monoisotopic (exact) mass is 185 g/mol. The number of hydrogen-bond acceptors (Lipinski definition) is 2. The summed E-state index contributed by atoms with van der Waals surface area (Å²) in [5.74, 6) is 3.78. The van der Waals surface area contributed by atoms with Gasteiger partial charge in [-0.2, -0.15) is 11.8 Å². The quantitative estimate of drug-likeness (QED) is 0.721. The van der Waals surface area contributed by atoms with Gasteiger partial charge >= 0.3 is 0 Å². The highest BCUT2D eigenvalue weighted by atomic mass is 32.2. The molecule has 0 radical (unpaired) electrons. The smallest absolute Gasteiger partial charge is 0.0168 e. The molecule has 0 aromatic rings. The lowest BCUT2D eigenvalue weighted by Crippen LogP contribution is -2.36. The first-order chi connectivity index (χ1) is 5.84. The minimum atomic E-state index is 0.765. The molecule has 0 amide bonds. The molecule has 1 aliphatic carbocycles. The lowest BCUT2D eigenvalue weighted by Gasteiger charge is -2.18.